The third kappa shape index (κ3) is 4.64. The molecule has 1 unspecified atom stereocenters. The lowest BCUT2D eigenvalue weighted by atomic mass is 10.1. The van der Waals surface area contributed by atoms with Crippen LogP contribution in [-0.2, 0) is 22.9 Å². The van der Waals surface area contributed by atoms with E-state index in [1.54, 1.807) is 12.1 Å². The molecule has 1 aliphatic heterocycles. The van der Waals surface area contributed by atoms with Crippen molar-refractivity contribution >= 4 is 27.3 Å². The van der Waals surface area contributed by atoms with Crippen LogP contribution in [0.5, 0.6) is 5.75 Å². The van der Waals surface area contributed by atoms with E-state index in [-0.39, 0.29) is 34.5 Å². The number of fused-ring (bicyclic) bond motifs is 1. The molecule has 3 rings (SSSR count). The molecular weight excluding hydrogens is 433 g/mol. The number of halogens is 4. The zero-order valence-corrected chi connectivity index (χ0v) is 16.9. The topological polar surface area (TPSA) is 76.6 Å². The normalized spacial score (nSPS) is 15.2. The summed E-state index contributed by atoms with van der Waals surface area (Å²) >= 11 is 5.86. The van der Waals surface area contributed by atoms with Crippen LogP contribution in [0.25, 0.3) is 0 Å². The van der Waals surface area contributed by atoms with E-state index in [0.717, 1.165) is 36.9 Å². The van der Waals surface area contributed by atoms with E-state index >= 15 is 0 Å². The molecule has 0 bridgehead atoms. The Morgan fingerprint density at radius 2 is 1.93 bits per heavy atom. The molecule has 0 fully saturated rings. The fourth-order valence-corrected chi connectivity index (χ4v) is 3.62. The molecule has 0 spiro atoms. The lowest BCUT2D eigenvalue weighted by Crippen LogP contribution is -2.32. The molecule has 0 aliphatic carbocycles. The Hall–Kier alpha value is -2.33. The molecule has 6 nitrogen and oxygen atoms in total. The van der Waals surface area contributed by atoms with Crippen LogP contribution in [0, 0.1) is 0 Å². The monoisotopic (exact) mass is 448 g/mol. The molecule has 11 heteroatoms. The summed E-state index contributed by atoms with van der Waals surface area (Å²) in [5.41, 5.74) is 1.03. The highest BCUT2D eigenvalue weighted by molar-refractivity contribution is 7.90. The van der Waals surface area contributed by atoms with Crippen LogP contribution in [0.15, 0.2) is 35.2 Å². The molecular formula is C18H16ClF3N2O4S. The number of aromatic nitrogens is 1. The van der Waals surface area contributed by atoms with Gasteiger partial charge in [-0.25, -0.2) is 13.4 Å². The Bertz CT molecular complexity index is 1070. The van der Waals surface area contributed by atoms with E-state index in [1.807, 2.05) is 0 Å². The summed E-state index contributed by atoms with van der Waals surface area (Å²) in [6, 6.07) is 6.46. The van der Waals surface area contributed by atoms with Gasteiger partial charge >= 0.3 is 6.18 Å². The second-order valence-corrected chi connectivity index (χ2v) is 9.04. The predicted molar refractivity (Wildman–Crippen MR) is 98.5 cm³/mol. The summed E-state index contributed by atoms with van der Waals surface area (Å²) in [6.07, 6.45) is -5.90. The van der Waals surface area contributed by atoms with Gasteiger partial charge in [0.1, 0.15) is 10.9 Å². The first-order valence-electron chi connectivity index (χ1n) is 8.37. The van der Waals surface area contributed by atoms with E-state index in [0.29, 0.717) is 5.69 Å². The van der Waals surface area contributed by atoms with Crippen molar-refractivity contribution in [3.8, 4) is 5.75 Å². The van der Waals surface area contributed by atoms with Gasteiger partial charge < -0.3 is 9.64 Å². The Morgan fingerprint density at radius 3 is 2.55 bits per heavy atom. The molecule has 0 N–H and O–H groups in total. The van der Waals surface area contributed by atoms with Gasteiger partial charge in [0.15, 0.2) is 15.9 Å². The van der Waals surface area contributed by atoms with E-state index in [9.17, 15) is 26.4 Å². The second kappa shape index (κ2) is 7.49. The molecule has 29 heavy (non-hydrogen) atoms. The smallest absolute Gasteiger partial charge is 0.425 e. The van der Waals surface area contributed by atoms with Crippen LogP contribution in [0.4, 0.5) is 13.2 Å². The van der Waals surface area contributed by atoms with Gasteiger partial charge in [0, 0.05) is 12.8 Å². The van der Waals surface area contributed by atoms with Gasteiger partial charge in [-0.1, -0.05) is 17.7 Å². The third-order valence-electron chi connectivity index (χ3n) is 4.40. The van der Waals surface area contributed by atoms with Crippen molar-refractivity contribution < 1.29 is 31.1 Å². The zero-order chi connectivity index (χ0) is 21.6. The molecule has 156 valence electrons. The Kier molecular flexibility index (Phi) is 5.52. The lowest BCUT2D eigenvalue weighted by molar-refractivity contribution is -0.189. The average molecular weight is 449 g/mol. The number of benzene rings is 1. The number of carbonyl (C=O) groups excluding carboxylic acids is 1. The third-order valence-corrected chi connectivity index (χ3v) is 5.72. The molecule has 0 radical (unpaired) electrons. The average Bonchev–Trinajstić information content (AvgIpc) is 3.02. The predicted octanol–water partition coefficient (Wildman–Crippen LogP) is 3.62. The number of amides is 1. The maximum Gasteiger partial charge on any atom is 0.425 e. The van der Waals surface area contributed by atoms with Crippen molar-refractivity contribution in [2.75, 3.05) is 6.26 Å². The summed E-state index contributed by atoms with van der Waals surface area (Å²) in [5.74, 6) is -1.02. The first-order chi connectivity index (χ1) is 13.4. The minimum absolute atomic E-state index is 0.0894. The first kappa shape index (κ1) is 21.4. The maximum absolute atomic E-state index is 13.0. The highest BCUT2D eigenvalue weighted by atomic mass is 35.5. The van der Waals surface area contributed by atoms with Crippen LogP contribution in [0.3, 0.4) is 0 Å². The number of ether oxygens (including phenoxy) is 1. The Labute approximate surface area is 170 Å². The SMILES string of the molecule is CC(Oc1ccc(S(C)(=O)=O)cc1C(=O)N1Cc2ccc(Cl)nc2C1)C(F)(F)F. The number of carbonyl (C=O) groups is 1. The summed E-state index contributed by atoms with van der Waals surface area (Å²) in [5, 5.41) is 0.250. The second-order valence-electron chi connectivity index (χ2n) is 6.63. The highest BCUT2D eigenvalue weighted by Gasteiger charge is 2.39. The van der Waals surface area contributed by atoms with Crippen LogP contribution in [-0.4, -0.2) is 42.7 Å². The Morgan fingerprint density at radius 1 is 1.24 bits per heavy atom. The molecule has 0 saturated carbocycles. The first-order valence-corrected chi connectivity index (χ1v) is 10.6. The summed E-state index contributed by atoms with van der Waals surface area (Å²) < 4.78 is 67.4. The molecule has 1 aromatic heterocycles. The van der Waals surface area contributed by atoms with Gasteiger partial charge in [0.05, 0.1) is 22.7 Å². The fourth-order valence-electron chi connectivity index (χ4n) is 2.81. The van der Waals surface area contributed by atoms with Crippen LogP contribution >= 0.6 is 11.6 Å². The van der Waals surface area contributed by atoms with Crippen molar-refractivity contribution in [3.05, 3.63) is 52.3 Å². The van der Waals surface area contributed by atoms with E-state index < -0.39 is 28.0 Å². The van der Waals surface area contributed by atoms with Gasteiger partial charge in [-0.15, -0.1) is 0 Å². The number of rotatable bonds is 4. The van der Waals surface area contributed by atoms with Crippen molar-refractivity contribution in [2.45, 2.75) is 37.2 Å². The largest absolute Gasteiger partial charge is 0.480 e. The molecule has 1 aliphatic rings. The molecule has 1 aromatic carbocycles. The van der Waals surface area contributed by atoms with Gasteiger partial charge in [-0.3, -0.25) is 4.79 Å². The quantitative estimate of drug-likeness (QED) is 0.668. The highest BCUT2D eigenvalue weighted by Crippen LogP contribution is 2.32. The zero-order valence-electron chi connectivity index (χ0n) is 15.3. The van der Waals surface area contributed by atoms with E-state index in [2.05, 4.69) is 4.98 Å². The van der Waals surface area contributed by atoms with Crippen molar-refractivity contribution in [2.24, 2.45) is 0 Å². The van der Waals surface area contributed by atoms with E-state index in [1.165, 1.54) is 4.90 Å². The lowest BCUT2D eigenvalue weighted by Gasteiger charge is -2.22. The molecule has 1 atom stereocenters. The van der Waals surface area contributed by atoms with Gasteiger partial charge in [-0.2, -0.15) is 13.2 Å². The molecule has 2 heterocycles. The minimum Gasteiger partial charge on any atom is -0.480 e. The van der Waals surface area contributed by atoms with E-state index in [4.69, 9.17) is 16.3 Å². The summed E-state index contributed by atoms with van der Waals surface area (Å²) in [6.45, 7) is 1.05. The Balaban J connectivity index is 1.98. The molecule has 2 aromatic rings. The van der Waals surface area contributed by atoms with Crippen molar-refractivity contribution in [1.82, 2.24) is 9.88 Å². The number of pyridine rings is 1. The standard InChI is InChI=1S/C18H16ClF3N2O4S/c1-10(18(20,21)22)28-15-5-4-12(29(2,26)27)7-13(15)17(25)24-8-11-3-6-16(19)23-14(11)9-24/h3-7,10H,8-9H2,1-2H3. The van der Waals surface area contributed by atoms with Crippen LogP contribution in [0.1, 0.15) is 28.5 Å². The minimum atomic E-state index is -4.65. The summed E-state index contributed by atoms with van der Waals surface area (Å²) in [4.78, 5) is 18.3. The van der Waals surface area contributed by atoms with Crippen molar-refractivity contribution in [3.63, 3.8) is 0 Å². The molecule has 0 saturated heterocycles. The van der Waals surface area contributed by atoms with Crippen LogP contribution < -0.4 is 4.74 Å². The number of sulfone groups is 1. The van der Waals surface area contributed by atoms with Crippen LogP contribution in [0.2, 0.25) is 5.15 Å². The number of hydrogen-bond donors (Lipinski definition) is 0. The maximum atomic E-state index is 13.0. The fraction of sp³-hybridized carbons (Fsp3) is 0.333. The van der Waals surface area contributed by atoms with Crippen molar-refractivity contribution in [1.29, 1.82) is 0 Å². The molecule has 1 amide bonds. The van der Waals surface area contributed by atoms with Gasteiger partial charge in [-0.05, 0) is 36.8 Å². The summed E-state index contributed by atoms with van der Waals surface area (Å²) in [7, 11) is -3.69. The van der Waals surface area contributed by atoms with Gasteiger partial charge in [0.25, 0.3) is 5.91 Å². The number of hydrogen-bond acceptors (Lipinski definition) is 5. The number of nitrogens with zero attached hydrogens (tertiary/aromatic N) is 2. The number of alkyl halides is 3. The van der Waals surface area contributed by atoms with Gasteiger partial charge in [0.2, 0.25) is 0 Å².